The lowest BCUT2D eigenvalue weighted by Crippen LogP contribution is -2.02. The summed E-state index contributed by atoms with van der Waals surface area (Å²) in [5.74, 6) is 4.66. The third kappa shape index (κ3) is 2.52. The third-order valence-corrected chi connectivity index (χ3v) is 2.96. The van der Waals surface area contributed by atoms with Crippen LogP contribution < -0.4 is 0 Å². The van der Waals surface area contributed by atoms with E-state index in [4.69, 9.17) is 10.00 Å². The normalized spacial score (nSPS) is 14.9. The minimum Gasteiger partial charge on any atom is -0.456 e. The van der Waals surface area contributed by atoms with Crippen LogP contribution in [-0.2, 0) is 14.9 Å². The number of nitriles is 1. The molecular weight excluding hydrogens is 226 g/mol. The van der Waals surface area contributed by atoms with Crippen molar-refractivity contribution in [2.24, 2.45) is 0 Å². The molecule has 0 spiro atoms. The second kappa shape index (κ2) is 4.94. The average Bonchev–Trinajstić information content (AvgIpc) is 3.18. The molecular formula is C15H13NO2. The lowest BCUT2D eigenvalue weighted by molar-refractivity contribution is -0.136. The van der Waals surface area contributed by atoms with Crippen molar-refractivity contribution in [2.75, 3.05) is 6.61 Å². The van der Waals surface area contributed by atoms with Crippen molar-refractivity contribution in [3.63, 3.8) is 0 Å². The molecule has 3 heteroatoms. The minimum absolute atomic E-state index is 0.318. The summed E-state index contributed by atoms with van der Waals surface area (Å²) < 4.78 is 4.73. The molecule has 0 unspecified atom stereocenters. The number of carbonyl (C=O) groups is 1. The Morgan fingerprint density at radius 2 is 2.28 bits per heavy atom. The second-order valence-corrected chi connectivity index (χ2v) is 4.25. The van der Waals surface area contributed by atoms with Crippen molar-refractivity contribution in [3.05, 3.63) is 35.4 Å². The number of nitrogens with zero attached hydrogens (tertiary/aromatic N) is 1. The Kier molecular flexibility index (Phi) is 3.35. The highest BCUT2D eigenvalue weighted by molar-refractivity contribution is 5.89. The van der Waals surface area contributed by atoms with Crippen molar-refractivity contribution < 1.29 is 9.53 Å². The van der Waals surface area contributed by atoms with Crippen LogP contribution in [0.3, 0.4) is 0 Å². The lowest BCUT2D eigenvalue weighted by atomic mass is 9.96. The number of esters is 1. The van der Waals surface area contributed by atoms with Crippen LogP contribution in [0.25, 0.3) is 0 Å². The summed E-state index contributed by atoms with van der Waals surface area (Å²) in [7, 11) is 0. The first kappa shape index (κ1) is 12.2. The van der Waals surface area contributed by atoms with Gasteiger partial charge in [-0.1, -0.05) is 18.1 Å². The standard InChI is InChI=1S/C15H13NO2/c1-2-18-14(17)7-6-12-4-3-5-13(10-12)15(11-16)8-9-15/h3-5,10H,2,8-9H2,1H3. The maximum atomic E-state index is 11.1. The highest BCUT2D eigenvalue weighted by Crippen LogP contribution is 2.47. The minimum atomic E-state index is -0.524. The van der Waals surface area contributed by atoms with Crippen LogP contribution in [0.2, 0.25) is 0 Å². The zero-order chi connectivity index (χ0) is 13.0. The summed E-state index contributed by atoms with van der Waals surface area (Å²) in [6.45, 7) is 2.06. The van der Waals surface area contributed by atoms with Crippen molar-refractivity contribution >= 4 is 5.97 Å². The molecule has 0 aliphatic heterocycles. The van der Waals surface area contributed by atoms with Gasteiger partial charge in [0.25, 0.3) is 0 Å². The molecule has 90 valence electrons. The van der Waals surface area contributed by atoms with E-state index in [-0.39, 0.29) is 5.41 Å². The molecule has 0 radical (unpaired) electrons. The van der Waals surface area contributed by atoms with Gasteiger partial charge >= 0.3 is 5.97 Å². The maximum absolute atomic E-state index is 11.1. The number of benzene rings is 1. The number of rotatable bonds is 2. The maximum Gasteiger partial charge on any atom is 0.384 e. The quantitative estimate of drug-likeness (QED) is 0.587. The van der Waals surface area contributed by atoms with Crippen LogP contribution in [0.1, 0.15) is 30.9 Å². The fraction of sp³-hybridized carbons (Fsp3) is 0.333. The second-order valence-electron chi connectivity index (χ2n) is 4.25. The molecule has 0 saturated heterocycles. The van der Waals surface area contributed by atoms with Crippen molar-refractivity contribution in [1.29, 1.82) is 5.26 Å². The Morgan fingerprint density at radius 3 is 2.89 bits per heavy atom. The van der Waals surface area contributed by atoms with E-state index in [0.717, 1.165) is 24.0 Å². The SMILES string of the molecule is CCOC(=O)C#Cc1cccc(C2(C#N)CC2)c1. The number of hydrogen-bond donors (Lipinski definition) is 0. The van der Waals surface area contributed by atoms with Gasteiger partial charge in [-0.2, -0.15) is 5.26 Å². The monoisotopic (exact) mass is 239 g/mol. The van der Waals surface area contributed by atoms with E-state index >= 15 is 0 Å². The zero-order valence-electron chi connectivity index (χ0n) is 10.2. The first-order valence-corrected chi connectivity index (χ1v) is 5.91. The van der Waals surface area contributed by atoms with Crippen molar-refractivity contribution in [3.8, 4) is 17.9 Å². The first-order valence-electron chi connectivity index (χ1n) is 5.91. The molecule has 1 saturated carbocycles. The van der Waals surface area contributed by atoms with Crippen molar-refractivity contribution in [2.45, 2.75) is 25.2 Å². The molecule has 0 atom stereocenters. The van der Waals surface area contributed by atoms with Gasteiger partial charge in [-0.05, 0) is 37.5 Å². The summed E-state index contributed by atoms with van der Waals surface area (Å²) in [5.41, 5.74) is 1.41. The number of ether oxygens (including phenoxy) is 1. The topological polar surface area (TPSA) is 50.1 Å². The number of hydrogen-bond acceptors (Lipinski definition) is 3. The molecule has 0 aromatic heterocycles. The summed E-state index contributed by atoms with van der Waals surface area (Å²) in [6.07, 6.45) is 1.80. The molecule has 2 rings (SSSR count). The molecule has 1 aliphatic carbocycles. The van der Waals surface area contributed by atoms with Crippen LogP contribution in [0.5, 0.6) is 0 Å². The number of carbonyl (C=O) groups excluding carboxylic acids is 1. The molecule has 3 nitrogen and oxygen atoms in total. The van der Waals surface area contributed by atoms with E-state index in [1.54, 1.807) is 6.92 Å². The van der Waals surface area contributed by atoms with E-state index < -0.39 is 5.97 Å². The molecule has 18 heavy (non-hydrogen) atoms. The molecule has 0 bridgehead atoms. The largest absolute Gasteiger partial charge is 0.456 e. The average molecular weight is 239 g/mol. The highest BCUT2D eigenvalue weighted by Gasteiger charge is 2.44. The van der Waals surface area contributed by atoms with Crippen LogP contribution >= 0.6 is 0 Å². The summed E-state index contributed by atoms with van der Waals surface area (Å²) in [5, 5.41) is 9.13. The third-order valence-electron chi connectivity index (χ3n) is 2.96. The predicted molar refractivity (Wildman–Crippen MR) is 66.5 cm³/mol. The van der Waals surface area contributed by atoms with E-state index in [9.17, 15) is 4.79 Å². The molecule has 1 aromatic rings. The van der Waals surface area contributed by atoms with Gasteiger partial charge in [0.15, 0.2) is 0 Å². The van der Waals surface area contributed by atoms with Crippen LogP contribution in [0.15, 0.2) is 24.3 Å². The van der Waals surface area contributed by atoms with Gasteiger partial charge in [0.1, 0.15) is 0 Å². The van der Waals surface area contributed by atoms with Gasteiger partial charge in [-0.3, -0.25) is 0 Å². The first-order chi connectivity index (χ1) is 8.70. The van der Waals surface area contributed by atoms with E-state index in [1.165, 1.54) is 0 Å². The zero-order valence-corrected chi connectivity index (χ0v) is 10.2. The lowest BCUT2D eigenvalue weighted by Gasteiger charge is -2.05. The Morgan fingerprint density at radius 1 is 1.50 bits per heavy atom. The van der Waals surface area contributed by atoms with E-state index in [2.05, 4.69) is 17.9 Å². The smallest absolute Gasteiger partial charge is 0.384 e. The van der Waals surface area contributed by atoms with E-state index in [0.29, 0.717) is 6.61 Å². The molecule has 0 amide bonds. The van der Waals surface area contributed by atoms with Crippen LogP contribution in [0.4, 0.5) is 0 Å². The Balaban J connectivity index is 2.19. The van der Waals surface area contributed by atoms with Gasteiger partial charge in [0, 0.05) is 11.5 Å². The Hall–Kier alpha value is -2.26. The highest BCUT2D eigenvalue weighted by atomic mass is 16.5. The molecule has 0 N–H and O–H groups in total. The fourth-order valence-electron chi connectivity index (χ4n) is 1.78. The van der Waals surface area contributed by atoms with E-state index in [1.807, 2.05) is 24.3 Å². The van der Waals surface area contributed by atoms with Crippen LogP contribution in [-0.4, -0.2) is 12.6 Å². The summed E-state index contributed by atoms with van der Waals surface area (Å²) in [4.78, 5) is 11.1. The molecule has 1 fully saturated rings. The Labute approximate surface area is 106 Å². The molecule has 0 heterocycles. The van der Waals surface area contributed by atoms with Gasteiger partial charge in [0.2, 0.25) is 0 Å². The van der Waals surface area contributed by atoms with Crippen LogP contribution in [0, 0.1) is 23.2 Å². The predicted octanol–water partition coefficient (Wildman–Crippen LogP) is 2.16. The summed E-state index contributed by atoms with van der Waals surface area (Å²) in [6, 6.07) is 9.84. The van der Waals surface area contributed by atoms with Gasteiger partial charge in [0.05, 0.1) is 18.1 Å². The molecule has 1 aromatic carbocycles. The fourth-order valence-corrected chi connectivity index (χ4v) is 1.78. The van der Waals surface area contributed by atoms with Gasteiger partial charge in [-0.25, -0.2) is 4.79 Å². The Bertz CT molecular complexity index is 568. The summed E-state index contributed by atoms with van der Waals surface area (Å²) >= 11 is 0. The van der Waals surface area contributed by atoms with Crippen molar-refractivity contribution in [1.82, 2.24) is 0 Å². The molecule has 1 aliphatic rings. The van der Waals surface area contributed by atoms with Gasteiger partial charge in [-0.15, -0.1) is 0 Å². The van der Waals surface area contributed by atoms with Gasteiger partial charge < -0.3 is 4.74 Å².